The van der Waals surface area contributed by atoms with Crippen LogP contribution in [-0.2, 0) is 7.05 Å². The van der Waals surface area contributed by atoms with E-state index in [0.717, 1.165) is 27.9 Å². The van der Waals surface area contributed by atoms with Crippen LogP contribution in [-0.4, -0.2) is 22.6 Å². The van der Waals surface area contributed by atoms with Gasteiger partial charge in [-0.2, -0.15) is 0 Å². The summed E-state index contributed by atoms with van der Waals surface area (Å²) in [6.07, 6.45) is 3.56. The highest BCUT2D eigenvalue weighted by Crippen LogP contribution is 2.28. The quantitative estimate of drug-likeness (QED) is 0.552. The molecule has 0 saturated carbocycles. The Morgan fingerprint density at radius 1 is 1.21 bits per heavy atom. The van der Waals surface area contributed by atoms with Gasteiger partial charge in [0.1, 0.15) is 23.2 Å². The Morgan fingerprint density at radius 2 is 2.03 bits per heavy atom. The van der Waals surface area contributed by atoms with Crippen LogP contribution in [0, 0.1) is 13.8 Å². The number of carbonyl (C=O) groups excluding carboxylic acids is 1. The molecule has 148 valence electrons. The number of imidazole rings is 1. The maximum atomic E-state index is 13.2. The Labute approximate surface area is 169 Å². The van der Waals surface area contributed by atoms with E-state index in [1.807, 2.05) is 74.1 Å². The van der Waals surface area contributed by atoms with Crippen LogP contribution in [0.2, 0.25) is 0 Å². The molecule has 29 heavy (non-hydrogen) atoms. The molecule has 0 radical (unpaired) electrons. The van der Waals surface area contributed by atoms with Crippen molar-refractivity contribution in [3.05, 3.63) is 83.1 Å². The number of aromatic nitrogens is 2. The minimum atomic E-state index is -0.452. The molecule has 2 aromatic carbocycles. The number of amides is 1. The van der Waals surface area contributed by atoms with Crippen LogP contribution in [0.5, 0.6) is 5.75 Å². The van der Waals surface area contributed by atoms with Crippen molar-refractivity contribution in [2.45, 2.75) is 19.9 Å². The van der Waals surface area contributed by atoms with E-state index in [1.165, 1.54) is 0 Å². The Kier molecular flexibility index (Phi) is 4.84. The van der Waals surface area contributed by atoms with E-state index in [1.54, 1.807) is 13.3 Å². The smallest absolute Gasteiger partial charge is 0.288 e. The highest BCUT2D eigenvalue weighted by Gasteiger charge is 2.25. The van der Waals surface area contributed by atoms with Gasteiger partial charge in [-0.25, -0.2) is 4.98 Å². The van der Waals surface area contributed by atoms with Crippen molar-refractivity contribution in [2.24, 2.45) is 7.05 Å². The van der Waals surface area contributed by atoms with E-state index in [-0.39, 0.29) is 5.91 Å². The largest absolute Gasteiger partial charge is 0.497 e. The number of nitrogens with one attached hydrogen (secondary N) is 1. The molecule has 1 unspecified atom stereocenters. The predicted octanol–water partition coefficient (Wildman–Crippen LogP) is 4.31. The molecule has 4 aromatic rings. The number of ether oxygens (including phenoxy) is 1. The molecule has 2 heterocycles. The maximum Gasteiger partial charge on any atom is 0.288 e. The molecule has 0 spiro atoms. The van der Waals surface area contributed by atoms with Gasteiger partial charge < -0.3 is 19.0 Å². The third kappa shape index (κ3) is 3.49. The number of furan rings is 1. The fourth-order valence-electron chi connectivity index (χ4n) is 3.52. The second kappa shape index (κ2) is 7.47. The normalized spacial score (nSPS) is 12.1. The zero-order valence-electron chi connectivity index (χ0n) is 16.9. The third-order valence-corrected chi connectivity index (χ3v) is 5.12. The number of rotatable bonds is 5. The van der Waals surface area contributed by atoms with Crippen molar-refractivity contribution < 1.29 is 13.9 Å². The van der Waals surface area contributed by atoms with Crippen molar-refractivity contribution in [2.75, 3.05) is 7.11 Å². The molecule has 0 bridgehead atoms. The molecule has 1 N–H and O–H groups in total. The van der Waals surface area contributed by atoms with Crippen LogP contribution >= 0.6 is 0 Å². The second-order valence-electron chi connectivity index (χ2n) is 7.14. The minimum absolute atomic E-state index is 0.285. The van der Waals surface area contributed by atoms with Crippen molar-refractivity contribution in [1.82, 2.24) is 14.9 Å². The molecule has 0 aliphatic carbocycles. The van der Waals surface area contributed by atoms with Crippen molar-refractivity contribution >= 4 is 16.9 Å². The Hall–Kier alpha value is -3.54. The lowest BCUT2D eigenvalue weighted by molar-refractivity contribution is 0.0914. The van der Waals surface area contributed by atoms with E-state index in [2.05, 4.69) is 10.3 Å². The van der Waals surface area contributed by atoms with Gasteiger partial charge >= 0.3 is 0 Å². The zero-order valence-corrected chi connectivity index (χ0v) is 16.9. The van der Waals surface area contributed by atoms with Gasteiger partial charge in [0.05, 0.1) is 7.11 Å². The Morgan fingerprint density at radius 3 is 2.76 bits per heavy atom. The molecule has 1 amide bonds. The van der Waals surface area contributed by atoms with Gasteiger partial charge in [0.2, 0.25) is 0 Å². The molecule has 0 aliphatic heterocycles. The van der Waals surface area contributed by atoms with E-state index in [9.17, 15) is 4.79 Å². The first-order valence-electron chi connectivity index (χ1n) is 9.39. The van der Waals surface area contributed by atoms with Gasteiger partial charge in [-0.15, -0.1) is 0 Å². The van der Waals surface area contributed by atoms with E-state index in [0.29, 0.717) is 17.1 Å². The number of aryl methyl sites for hydroxylation is 3. The first-order valence-corrected chi connectivity index (χ1v) is 9.39. The average Bonchev–Trinajstić information content (AvgIpc) is 3.29. The highest BCUT2D eigenvalue weighted by molar-refractivity contribution is 5.99. The average molecular weight is 389 g/mol. The summed E-state index contributed by atoms with van der Waals surface area (Å²) in [4.78, 5) is 17.6. The fourth-order valence-corrected chi connectivity index (χ4v) is 3.52. The van der Waals surface area contributed by atoms with E-state index < -0.39 is 6.04 Å². The summed E-state index contributed by atoms with van der Waals surface area (Å²) < 4.78 is 13.1. The topological polar surface area (TPSA) is 69.3 Å². The number of nitrogens with zero attached hydrogens (tertiary/aromatic N) is 2. The summed E-state index contributed by atoms with van der Waals surface area (Å²) in [5.74, 6) is 1.46. The molecule has 0 saturated heterocycles. The molecule has 4 rings (SSSR count). The fraction of sp³-hybridized carbons (Fsp3) is 0.217. The summed E-state index contributed by atoms with van der Waals surface area (Å²) in [5.41, 5.74) is 3.49. The van der Waals surface area contributed by atoms with Gasteiger partial charge in [0.25, 0.3) is 5.91 Å². The number of methoxy groups -OCH3 is 1. The SMILES string of the molecule is COc1cccc(C(NC(=O)c2oc3cc(C)ccc3c2C)c2nccn2C)c1. The van der Waals surface area contributed by atoms with Gasteiger partial charge in [0.15, 0.2) is 5.76 Å². The summed E-state index contributed by atoms with van der Waals surface area (Å²) in [6.45, 7) is 3.90. The summed E-state index contributed by atoms with van der Waals surface area (Å²) in [5, 5.41) is 4.03. The zero-order chi connectivity index (χ0) is 20.5. The molecule has 0 aliphatic rings. The van der Waals surface area contributed by atoms with Crippen LogP contribution in [0.3, 0.4) is 0 Å². The molecule has 1 atom stereocenters. The number of carbonyl (C=O) groups is 1. The van der Waals surface area contributed by atoms with Gasteiger partial charge in [-0.3, -0.25) is 4.79 Å². The first-order chi connectivity index (χ1) is 14.0. The van der Waals surface area contributed by atoms with Crippen LogP contribution in [0.15, 0.2) is 59.3 Å². The number of hydrogen-bond donors (Lipinski definition) is 1. The van der Waals surface area contributed by atoms with Gasteiger partial charge in [-0.05, 0) is 43.2 Å². The number of hydrogen-bond acceptors (Lipinski definition) is 4. The van der Waals surface area contributed by atoms with Gasteiger partial charge in [-0.1, -0.05) is 24.3 Å². The van der Waals surface area contributed by atoms with Crippen LogP contribution < -0.4 is 10.1 Å². The lowest BCUT2D eigenvalue weighted by atomic mass is 10.0. The summed E-state index contributed by atoms with van der Waals surface area (Å²) in [6, 6.07) is 13.1. The summed E-state index contributed by atoms with van der Waals surface area (Å²) in [7, 11) is 3.52. The highest BCUT2D eigenvalue weighted by atomic mass is 16.5. The lowest BCUT2D eigenvalue weighted by Gasteiger charge is -2.19. The molecular formula is C23H23N3O3. The lowest BCUT2D eigenvalue weighted by Crippen LogP contribution is -2.31. The molecule has 0 fully saturated rings. The minimum Gasteiger partial charge on any atom is -0.497 e. The van der Waals surface area contributed by atoms with Gasteiger partial charge in [0, 0.05) is 30.4 Å². The van der Waals surface area contributed by atoms with Crippen molar-refractivity contribution in [3.8, 4) is 5.75 Å². The van der Waals surface area contributed by atoms with Crippen molar-refractivity contribution in [1.29, 1.82) is 0 Å². The first kappa shape index (κ1) is 18.8. The van der Waals surface area contributed by atoms with Crippen molar-refractivity contribution in [3.63, 3.8) is 0 Å². The van der Waals surface area contributed by atoms with E-state index in [4.69, 9.17) is 9.15 Å². The summed E-state index contributed by atoms with van der Waals surface area (Å²) >= 11 is 0. The monoisotopic (exact) mass is 389 g/mol. The second-order valence-corrected chi connectivity index (χ2v) is 7.14. The number of fused-ring (bicyclic) bond motifs is 1. The number of benzene rings is 2. The van der Waals surface area contributed by atoms with E-state index >= 15 is 0 Å². The Bertz CT molecular complexity index is 1190. The molecule has 6 nitrogen and oxygen atoms in total. The maximum absolute atomic E-state index is 13.2. The molecule has 2 aromatic heterocycles. The van der Waals surface area contributed by atoms with Crippen LogP contribution in [0.4, 0.5) is 0 Å². The Balaban J connectivity index is 1.74. The van der Waals surface area contributed by atoms with Crippen LogP contribution in [0.25, 0.3) is 11.0 Å². The molecule has 6 heteroatoms. The standard InChI is InChI=1S/C23H23N3O3/c1-14-8-9-18-15(2)21(29-19(18)12-14)23(27)25-20(22-24-10-11-26(22)3)16-6-5-7-17(13-16)28-4/h5-13,20H,1-4H3,(H,25,27). The third-order valence-electron chi connectivity index (χ3n) is 5.12. The van der Waals surface area contributed by atoms with Crippen LogP contribution in [0.1, 0.15) is 39.1 Å². The molecular weight excluding hydrogens is 366 g/mol. The predicted molar refractivity (Wildman–Crippen MR) is 111 cm³/mol.